The fraction of sp³-hybridized carbons (Fsp3) is 0.923. The summed E-state index contributed by atoms with van der Waals surface area (Å²) in [5.41, 5.74) is 0. The van der Waals surface area contributed by atoms with Crippen LogP contribution in [-0.4, -0.2) is 59.6 Å². The second-order valence-electron chi connectivity index (χ2n) is 4.70. The van der Waals surface area contributed by atoms with E-state index in [2.05, 4.69) is 4.90 Å². The van der Waals surface area contributed by atoms with Crippen molar-refractivity contribution < 1.29 is 9.90 Å². The average molecular weight is 242 g/mol. The van der Waals surface area contributed by atoms with Crippen molar-refractivity contribution in [2.45, 2.75) is 45.6 Å². The van der Waals surface area contributed by atoms with Gasteiger partial charge in [0.05, 0.1) is 13.2 Å². The molecule has 1 saturated carbocycles. The molecule has 0 atom stereocenters. The van der Waals surface area contributed by atoms with Crippen molar-refractivity contribution in [1.82, 2.24) is 9.80 Å². The Morgan fingerprint density at radius 2 is 1.82 bits per heavy atom. The molecule has 0 aromatic carbocycles. The van der Waals surface area contributed by atoms with E-state index in [9.17, 15) is 4.79 Å². The van der Waals surface area contributed by atoms with Crippen LogP contribution < -0.4 is 0 Å². The number of rotatable bonds is 7. The van der Waals surface area contributed by atoms with Gasteiger partial charge in [-0.3, -0.25) is 9.69 Å². The van der Waals surface area contributed by atoms with Crippen molar-refractivity contribution in [3.63, 3.8) is 0 Å². The highest BCUT2D eigenvalue weighted by molar-refractivity contribution is 5.78. The van der Waals surface area contributed by atoms with Crippen molar-refractivity contribution in [3.05, 3.63) is 0 Å². The van der Waals surface area contributed by atoms with Gasteiger partial charge in [0.1, 0.15) is 0 Å². The molecule has 0 saturated heterocycles. The summed E-state index contributed by atoms with van der Waals surface area (Å²) in [6.45, 7) is 6.78. The lowest BCUT2D eigenvalue weighted by molar-refractivity contribution is -0.132. The largest absolute Gasteiger partial charge is 0.395 e. The van der Waals surface area contributed by atoms with Crippen LogP contribution in [0.5, 0.6) is 0 Å². The van der Waals surface area contributed by atoms with Gasteiger partial charge in [-0.15, -0.1) is 0 Å². The summed E-state index contributed by atoms with van der Waals surface area (Å²) < 4.78 is 0. The van der Waals surface area contributed by atoms with Crippen LogP contribution in [0, 0.1) is 0 Å². The molecule has 4 heteroatoms. The monoisotopic (exact) mass is 242 g/mol. The summed E-state index contributed by atoms with van der Waals surface area (Å²) in [6.07, 6.45) is 4.86. The quantitative estimate of drug-likeness (QED) is 0.727. The fourth-order valence-corrected chi connectivity index (χ4v) is 2.64. The van der Waals surface area contributed by atoms with Gasteiger partial charge in [0.25, 0.3) is 0 Å². The maximum absolute atomic E-state index is 12.0. The Labute approximate surface area is 105 Å². The van der Waals surface area contributed by atoms with Gasteiger partial charge in [-0.25, -0.2) is 0 Å². The maximum atomic E-state index is 12.0. The van der Waals surface area contributed by atoms with Crippen molar-refractivity contribution in [2.24, 2.45) is 0 Å². The summed E-state index contributed by atoms with van der Waals surface area (Å²) in [6, 6.07) is 0.502. The summed E-state index contributed by atoms with van der Waals surface area (Å²) in [5, 5.41) is 9.10. The fourth-order valence-electron chi connectivity index (χ4n) is 2.64. The standard InChI is InChI=1S/C13H26N2O2/c1-3-14(4-2)13(17)11-15(9-10-16)12-7-5-6-8-12/h12,16H,3-11H2,1-2H3. The third-order valence-corrected chi connectivity index (χ3v) is 3.68. The molecule has 0 radical (unpaired) electrons. The number of aliphatic hydroxyl groups excluding tert-OH is 1. The Kier molecular flexibility index (Phi) is 6.52. The number of carbonyl (C=O) groups is 1. The van der Waals surface area contributed by atoms with Gasteiger partial charge < -0.3 is 10.0 Å². The summed E-state index contributed by atoms with van der Waals surface area (Å²) in [7, 11) is 0. The van der Waals surface area contributed by atoms with Crippen LogP contribution in [0.2, 0.25) is 0 Å². The van der Waals surface area contributed by atoms with E-state index in [1.807, 2.05) is 18.7 Å². The smallest absolute Gasteiger partial charge is 0.236 e. The van der Waals surface area contributed by atoms with Gasteiger partial charge in [-0.1, -0.05) is 12.8 Å². The van der Waals surface area contributed by atoms with Crippen LogP contribution in [0.25, 0.3) is 0 Å². The van der Waals surface area contributed by atoms with Gasteiger partial charge in [-0.05, 0) is 26.7 Å². The van der Waals surface area contributed by atoms with E-state index in [0.717, 1.165) is 13.1 Å². The minimum atomic E-state index is 0.141. The van der Waals surface area contributed by atoms with Gasteiger partial charge in [0.2, 0.25) is 5.91 Å². The highest BCUT2D eigenvalue weighted by Crippen LogP contribution is 2.23. The predicted molar refractivity (Wildman–Crippen MR) is 68.8 cm³/mol. The van der Waals surface area contributed by atoms with Crippen LogP contribution >= 0.6 is 0 Å². The highest BCUT2D eigenvalue weighted by Gasteiger charge is 2.24. The predicted octanol–water partition coefficient (Wildman–Crippen LogP) is 1.09. The minimum absolute atomic E-state index is 0.141. The molecule has 1 rings (SSSR count). The molecular formula is C13H26N2O2. The van der Waals surface area contributed by atoms with E-state index in [0.29, 0.717) is 19.1 Å². The van der Waals surface area contributed by atoms with Crippen molar-refractivity contribution >= 4 is 5.91 Å². The first-order valence-corrected chi connectivity index (χ1v) is 6.85. The minimum Gasteiger partial charge on any atom is -0.395 e. The summed E-state index contributed by atoms with van der Waals surface area (Å²) >= 11 is 0. The Bertz CT molecular complexity index is 223. The zero-order chi connectivity index (χ0) is 12.7. The van der Waals surface area contributed by atoms with Crippen molar-refractivity contribution in [3.8, 4) is 0 Å². The summed E-state index contributed by atoms with van der Waals surface area (Å²) in [4.78, 5) is 16.1. The molecule has 1 fully saturated rings. The number of nitrogens with zero attached hydrogens (tertiary/aromatic N) is 2. The molecule has 0 aliphatic heterocycles. The second-order valence-corrected chi connectivity index (χ2v) is 4.70. The Balaban J connectivity index is 2.50. The first-order chi connectivity index (χ1) is 8.22. The molecule has 0 spiro atoms. The van der Waals surface area contributed by atoms with Crippen LogP contribution in [0.15, 0.2) is 0 Å². The molecular weight excluding hydrogens is 216 g/mol. The van der Waals surface area contributed by atoms with Crippen LogP contribution in [0.3, 0.4) is 0 Å². The van der Waals surface area contributed by atoms with E-state index >= 15 is 0 Å². The molecule has 1 aliphatic rings. The Morgan fingerprint density at radius 1 is 1.24 bits per heavy atom. The van der Waals surface area contributed by atoms with Crippen molar-refractivity contribution in [2.75, 3.05) is 32.8 Å². The molecule has 0 bridgehead atoms. The Hall–Kier alpha value is -0.610. The lowest BCUT2D eigenvalue weighted by atomic mass is 10.2. The van der Waals surface area contributed by atoms with Crippen LogP contribution in [0.1, 0.15) is 39.5 Å². The molecule has 17 heavy (non-hydrogen) atoms. The Morgan fingerprint density at radius 3 is 2.29 bits per heavy atom. The molecule has 1 amide bonds. The first-order valence-electron chi connectivity index (χ1n) is 6.85. The van der Waals surface area contributed by atoms with Crippen LogP contribution in [-0.2, 0) is 4.79 Å². The molecule has 100 valence electrons. The van der Waals surface area contributed by atoms with Gasteiger partial charge in [0.15, 0.2) is 0 Å². The molecule has 0 unspecified atom stereocenters. The van der Waals surface area contributed by atoms with Crippen LogP contribution in [0.4, 0.5) is 0 Å². The lowest BCUT2D eigenvalue weighted by Crippen LogP contribution is -2.45. The van der Waals surface area contributed by atoms with E-state index in [-0.39, 0.29) is 12.5 Å². The first kappa shape index (κ1) is 14.5. The zero-order valence-corrected chi connectivity index (χ0v) is 11.2. The molecule has 0 heterocycles. The molecule has 1 N–H and O–H groups in total. The van der Waals surface area contributed by atoms with E-state index < -0.39 is 0 Å². The molecule has 4 nitrogen and oxygen atoms in total. The zero-order valence-electron chi connectivity index (χ0n) is 11.2. The third-order valence-electron chi connectivity index (χ3n) is 3.68. The SMILES string of the molecule is CCN(CC)C(=O)CN(CCO)C1CCCC1. The van der Waals surface area contributed by atoms with E-state index in [4.69, 9.17) is 5.11 Å². The number of hydrogen-bond donors (Lipinski definition) is 1. The number of aliphatic hydroxyl groups is 1. The van der Waals surface area contributed by atoms with Gasteiger partial charge >= 0.3 is 0 Å². The average Bonchev–Trinajstić information content (AvgIpc) is 2.83. The van der Waals surface area contributed by atoms with E-state index in [1.165, 1.54) is 25.7 Å². The number of hydrogen-bond acceptors (Lipinski definition) is 3. The number of likely N-dealkylation sites (N-methyl/N-ethyl adjacent to an activating group) is 1. The van der Waals surface area contributed by atoms with Crippen molar-refractivity contribution in [1.29, 1.82) is 0 Å². The lowest BCUT2D eigenvalue weighted by Gasteiger charge is -2.30. The van der Waals surface area contributed by atoms with E-state index in [1.54, 1.807) is 0 Å². The normalized spacial score (nSPS) is 16.7. The number of amides is 1. The maximum Gasteiger partial charge on any atom is 0.236 e. The highest BCUT2D eigenvalue weighted by atomic mass is 16.3. The second kappa shape index (κ2) is 7.67. The number of carbonyl (C=O) groups excluding carboxylic acids is 1. The topological polar surface area (TPSA) is 43.8 Å². The van der Waals surface area contributed by atoms with Gasteiger partial charge in [0, 0.05) is 25.7 Å². The summed E-state index contributed by atoms with van der Waals surface area (Å²) in [5.74, 6) is 0.190. The molecule has 0 aromatic rings. The third kappa shape index (κ3) is 4.28. The molecule has 1 aliphatic carbocycles. The molecule has 0 aromatic heterocycles. The van der Waals surface area contributed by atoms with Gasteiger partial charge in [-0.2, -0.15) is 0 Å².